The maximum Gasteiger partial charge on any atom is 0.408 e. The minimum absolute atomic E-state index is 0.0241. The van der Waals surface area contributed by atoms with E-state index in [9.17, 15) is 44.8 Å². The fourth-order valence-electron chi connectivity index (χ4n) is 8.63. The van der Waals surface area contributed by atoms with Gasteiger partial charge in [-0.1, -0.05) is 79.7 Å². The predicted molar refractivity (Wildman–Crippen MR) is 244 cm³/mol. The van der Waals surface area contributed by atoms with Crippen LogP contribution < -0.4 is 14.8 Å². The van der Waals surface area contributed by atoms with E-state index < -0.39 is 82.3 Å². The van der Waals surface area contributed by atoms with Gasteiger partial charge < -0.3 is 49.8 Å². The summed E-state index contributed by atoms with van der Waals surface area (Å²) < 4.78 is 23.5. The number of ketones is 2. The number of carbonyl (C=O) groups excluding carboxylic acids is 3. The SMILES string of the molecule is C=C(C)C(O)C(C[C@H](C)CO[C@H]1C[C@](O)(C(C)O)Cc2c(O)c3c(c(O)c21)C(=O)c1c(OC)cccc1C3=O)NC(=O)OC(C)c1ccc(N=O)c(Oc2ccc(-c3ccccc3)cc2)c1. The van der Waals surface area contributed by atoms with Gasteiger partial charge in [-0.2, -0.15) is 0 Å². The fraction of sp³-hybridized carbons (Fsp3) is 0.314. The average Bonchev–Trinajstić information content (AvgIpc) is 3.30. The number of methoxy groups -OCH3 is 1. The third-order valence-electron chi connectivity index (χ3n) is 12.3. The number of aliphatic hydroxyl groups excluding tert-OH is 2. The number of phenols is 2. The van der Waals surface area contributed by atoms with Crippen LogP contribution in [-0.2, 0) is 15.9 Å². The maximum absolute atomic E-state index is 14.0. The molecule has 344 valence electrons. The van der Waals surface area contributed by atoms with Gasteiger partial charge in [0.1, 0.15) is 29.1 Å². The van der Waals surface area contributed by atoms with Crippen LogP contribution in [0.3, 0.4) is 0 Å². The molecule has 2 aliphatic rings. The van der Waals surface area contributed by atoms with Crippen molar-refractivity contribution in [1.29, 1.82) is 0 Å². The fourth-order valence-corrected chi connectivity index (χ4v) is 8.63. The van der Waals surface area contributed by atoms with Gasteiger partial charge in [-0.25, -0.2) is 4.79 Å². The average molecular weight is 901 g/mol. The normalized spacial score (nSPS) is 18.6. The summed E-state index contributed by atoms with van der Waals surface area (Å²) in [6, 6.07) is 25.2. The molecule has 15 heteroatoms. The third-order valence-corrected chi connectivity index (χ3v) is 12.3. The van der Waals surface area contributed by atoms with Crippen LogP contribution in [0.25, 0.3) is 11.1 Å². The van der Waals surface area contributed by atoms with Gasteiger partial charge in [-0.15, -0.1) is 4.91 Å². The quantitative estimate of drug-likeness (QED) is 0.0304. The van der Waals surface area contributed by atoms with Gasteiger partial charge in [-0.05, 0) is 85.3 Å². The first-order valence-corrected chi connectivity index (χ1v) is 21.5. The van der Waals surface area contributed by atoms with Crippen molar-refractivity contribution in [2.45, 2.75) is 83.0 Å². The Morgan fingerprint density at radius 1 is 0.879 bits per heavy atom. The molecule has 5 aromatic rings. The van der Waals surface area contributed by atoms with E-state index >= 15 is 0 Å². The van der Waals surface area contributed by atoms with Gasteiger partial charge >= 0.3 is 6.09 Å². The summed E-state index contributed by atoms with van der Waals surface area (Å²) >= 11 is 0. The number of carbonyl (C=O) groups is 3. The molecular weight excluding hydrogens is 849 g/mol. The number of fused-ring (bicyclic) bond motifs is 3. The molecule has 0 heterocycles. The van der Waals surface area contributed by atoms with E-state index in [0.717, 1.165) is 11.1 Å². The van der Waals surface area contributed by atoms with Crippen molar-refractivity contribution in [3.05, 3.63) is 147 Å². The summed E-state index contributed by atoms with van der Waals surface area (Å²) in [6.45, 7) is 10.1. The van der Waals surface area contributed by atoms with Crippen LogP contribution in [0.1, 0.15) is 101 Å². The monoisotopic (exact) mass is 900 g/mol. The van der Waals surface area contributed by atoms with Crippen molar-refractivity contribution in [2.24, 2.45) is 11.1 Å². The molecule has 4 unspecified atom stereocenters. The molecule has 66 heavy (non-hydrogen) atoms. The van der Waals surface area contributed by atoms with E-state index in [4.69, 9.17) is 18.9 Å². The summed E-state index contributed by atoms with van der Waals surface area (Å²) in [4.78, 5) is 53.0. The maximum atomic E-state index is 14.0. The lowest BCUT2D eigenvalue weighted by molar-refractivity contribution is -0.115. The highest BCUT2D eigenvalue weighted by molar-refractivity contribution is 6.31. The Balaban J connectivity index is 1.06. The molecule has 1 amide bonds. The number of benzene rings is 5. The van der Waals surface area contributed by atoms with Crippen LogP contribution in [0.5, 0.6) is 28.7 Å². The molecule has 15 nitrogen and oxygen atoms in total. The molecule has 0 saturated heterocycles. The Labute approximate surface area is 381 Å². The van der Waals surface area contributed by atoms with Crippen LogP contribution >= 0.6 is 0 Å². The zero-order chi connectivity index (χ0) is 47.6. The van der Waals surface area contributed by atoms with E-state index in [0.29, 0.717) is 16.9 Å². The number of nitrogens with zero attached hydrogens (tertiary/aromatic N) is 1. The van der Waals surface area contributed by atoms with Gasteiger partial charge in [0.2, 0.25) is 5.78 Å². The smallest absolute Gasteiger partial charge is 0.408 e. The highest BCUT2D eigenvalue weighted by atomic mass is 16.6. The molecule has 0 aromatic heterocycles. The topological polar surface area (TPSA) is 231 Å². The van der Waals surface area contributed by atoms with Gasteiger partial charge in [0, 0.05) is 29.5 Å². The zero-order valence-corrected chi connectivity index (χ0v) is 37.1. The van der Waals surface area contributed by atoms with Crippen molar-refractivity contribution >= 4 is 23.3 Å². The Morgan fingerprint density at radius 2 is 1.56 bits per heavy atom. The first-order valence-electron chi connectivity index (χ1n) is 21.5. The van der Waals surface area contributed by atoms with E-state index in [1.807, 2.05) is 42.5 Å². The van der Waals surface area contributed by atoms with E-state index in [1.165, 1.54) is 38.3 Å². The molecule has 2 aliphatic carbocycles. The minimum Gasteiger partial charge on any atom is -0.507 e. The second-order valence-corrected chi connectivity index (χ2v) is 17.1. The second kappa shape index (κ2) is 19.3. The van der Waals surface area contributed by atoms with Crippen molar-refractivity contribution in [1.82, 2.24) is 5.32 Å². The van der Waals surface area contributed by atoms with Crippen LogP contribution in [0.4, 0.5) is 10.5 Å². The minimum atomic E-state index is -1.88. The Kier molecular flexibility index (Phi) is 13.8. The summed E-state index contributed by atoms with van der Waals surface area (Å²) in [5, 5.41) is 62.9. The number of hydrogen-bond donors (Lipinski definition) is 6. The van der Waals surface area contributed by atoms with Crippen LogP contribution in [0.2, 0.25) is 0 Å². The van der Waals surface area contributed by atoms with Crippen molar-refractivity contribution in [3.63, 3.8) is 0 Å². The van der Waals surface area contributed by atoms with E-state index in [-0.39, 0.29) is 65.3 Å². The van der Waals surface area contributed by atoms with Gasteiger partial charge in [0.25, 0.3) is 0 Å². The molecule has 6 N–H and O–H groups in total. The van der Waals surface area contributed by atoms with E-state index in [1.54, 1.807) is 45.0 Å². The Morgan fingerprint density at radius 3 is 2.21 bits per heavy atom. The van der Waals surface area contributed by atoms with Crippen molar-refractivity contribution < 1.29 is 58.9 Å². The first-order chi connectivity index (χ1) is 31.5. The van der Waals surface area contributed by atoms with E-state index in [2.05, 4.69) is 17.1 Å². The first kappa shape index (κ1) is 47.1. The molecule has 5 aromatic carbocycles. The summed E-state index contributed by atoms with van der Waals surface area (Å²) in [5.41, 5.74) is -0.0706. The number of aliphatic hydroxyl groups is 3. The summed E-state index contributed by atoms with van der Waals surface area (Å²) in [5.74, 6) is -2.47. The molecule has 0 aliphatic heterocycles. The number of phenolic OH excluding ortho intramolecular Hbond substituents is 2. The number of nitroso groups, excluding NO2 is 1. The lowest BCUT2D eigenvalue weighted by Gasteiger charge is -2.41. The standard InChI is InChI=1S/C51H52N2O13/c1-26(2)45(55)37(52-50(60)65-28(4)32-17-20-36(53-62)39(22-32)66-33-18-15-31(16-19-33)30-11-8-7-9-12-30)21-27(3)25-64-40-24-51(61,29(5)54)23-35-42(40)49(59)44-43(47(35)57)46(56)34-13-10-14-38(63-6)41(34)48(44)58/h7-20,22,27-29,37,40,45,54-55,57,59,61H,1,21,23-25H2,2-6H3,(H,52,60)/t27-,28?,29?,37?,40-,45?,51-/m0/s1. The van der Waals surface area contributed by atoms with Crippen LogP contribution in [-0.4, -0.2) is 80.8 Å². The molecule has 7 atom stereocenters. The molecule has 0 fully saturated rings. The van der Waals surface area contributed by atoms with Gasteiger partial charge in [0.15, 0.2) is 17.2 Å². The number of hydrogen-bond acceptors (Lipinski definition) is 14. The van der Waals surface area contributed by atoms with Crippen LogP contribution in [0, 0.1) is 10.8 Å². The zero-order valence-electron chi connectivity index (χ0n) is 37.1. The molecule has 0 saturated carbocycles. The second-order valence-electron chi connectivity index (χ2n) is 17.1. The molecular formula is C51H52N2O13. The van der Waals surface area contributed by atoms with Crippen molar-refractivity contribution in [3.8, 4) is 39.9 Å². The number of amides is 1. The Hall–Kier alpha value is -6.91. The highest BCUT2D eigenvalue weighted by Gasteiger charge is 2.48. The lowest BCUT2D eigenvalue weighted by atomic mass is 9.71. The highest BCUT2D eigenvalue weighted by Crippen LogP contribution is 2.52. The number of nitrogens with one attached hydrogen (secondary N) is 1. The number of rotatable bonds is 16. The molecule has 7 rings (SSSR count). The van der Waals surface area contributed by atoms with Crippen molar-refractivity contribution in [2.75, 3.05) is 13.7 Å². The molecule has 0 radical (unpaired) electrons. The number of ether oxygens (including phenoxy) is 4. The molecule has 0 bridgehead atoms. The largest absolute Gasteiger partial charge is 0.507 e. The Bertz CT molecular complexity index is 2680. The number of alkyl carbamates (subject to hydrolysis) is 1. The molecule has 0 spiro atoms. The summed E-state index contributed by atoms with van der Waals surface area (Å²) in [6.07, 6.45) is -6.06. The van der Waals surface area contributed by atoms with Crippen LogP contribution in [0.15, 0.2) is 108 Å². The summed E-state index contributed by atoms with van der Waals surface area (Å²) in [7, 11) is 1.34. The lowest BCUT2D eigenvalue weighted by Crippen LogP contribution is -2.47. The predicted octanol–water partition coefficient (Wildman–Crippen LogP) is 8.67. The third kappa shape index (κ3) is 9.28. The van der Waals surface area contributed by atoms with Gasteiger partial charge in [-0.3, -0.25) is 9.59 Å². The van der Waals surface area contributed by atoms with Gasteiger partial charge in [0.05, 0.1) is 60.4 Å². The number of aromatic hydroxyl groups is 2.